The van der Waals surface area contributed by atoms with E-state index in [4.69, 9.17) is 0 Å². The number of nitrogens with one attached hydrogen (secondary N) is 2. The second-order valence-corrected chi connectivity index (χ2v) is 7.04. The summed E-state index contributed by atoms with van der Waals surface area (Å²) in [5.74, 6) is 1.51. The molecule has 0 spiro atoms. The van der Waals surface area contributed by atoms with Gasteiger partial charge < -0.3 is 15.7 Å². The Morgan fingerprint density at radius 1 is 1.00 bits per heavy atom. The zero-order chi connectivity index (χ0) is 19.8. The van der Waals surface area contributed by atoms with Crippen molar-refractivity contribution in [2.45, 2.75) is 26.3 Å². The Morgan fingerprint density at radius 3 is 2.43 bits per heavy atom. The summed E-state index contributed by atoms with van der Waals surface area (Å²) < 4.78 is 0. The van der Waals surface area contributed by atoms with Crippen molar-refractivity contribution in [1.29, 1.82) is 0 Å². The smallest absolute Gasteiger partial charge is 0.225 e. The van der Waals surface area contributed by atoms with E-state index in [1.807, 2.05) is 36.4 Å². The Labute approximate surface area is 166 Å². The highest BCUT2D eigenvalue weighted by atomic mass is 16.3. The highest BCUT2D eigenvalue weighted by Crippen LogP contribution is 2.22. The van der Waals surface area contributed by atoms with Gasteiger partial charge in [0, 0.05) is 30.6 Å². The summed E-state index contributed by atoms with van der Waals surface area (Å²) in [6.45, 7) is 4.90. The van der Waals surface area contributed by atoms with Crippen molar-refractivity contribution in [3.05, 3.63) is 66.5 Å². The Kier molecular flexibility index (Phi) is 6.92. The Hall–Kier alpha value is -2.99. The molecule has 6 heteroatoms. The summed E-state index contributed by atoms with van der Waals surface area (Å²) in [5, 5.41) is 16.3. The van der Waals surface area contributed by atoms with Crippen LogP contribution in [-0.4, -0.2) is 39.3 Å². The number of nitrogens with zero attached hydrogens (tertiary/aromatic N) is 3. The number of rotatable bonds is 9. The number of hydrogen-bond donors (Lipinski definition) is 3. The summed E-state index contributed by atoms with van der Waals surface area (Å²) >= 11 is 0. The van der Waals surface area contributed by atoms with Crippen molar-refractivity contribution in [3.63, 3.8) is 0 Å². The molecule has 146 valence electrons. The lowest BCUT2D eigenvalue weighted by molar-refractivity contribution is 0.248. The van der Waals surface area contributed by atoms with Gasteiger partial charge >= 0.3 is 0 Å². The monoisotopic (exact) mass is 377 g/mol. The molecule has 0 bridgehead atoms. The maximum Gasteiger partial charge on any atom is 0.225 e. The van der Waals surface area contributed by atoms with Crippen LogP contribution in [0.4, 0.5) is 11.8 Å². The number of aromatic nitrogens is 3. The first-order chi connectivity index (χ1) is 13.7. The molecule has 2 aromatic heterocycles. The van der Waals surface area contributed by atoms with E-state index in [2.05, 4.69) is 51.6 Å². The van der Waals surface area contributed by atoms with Crippen LogP contribution in [0.1, 0.15) is 19.4 Å². The molecule has 0 aliphatic heterocycles. The van der Waals surface area contributed by atoms with Gasteiger partial charge in [-0.25, -0.2) is 4.98 Å². The third kappa shape index (κ3) is 5.50. The second-order valence-electron chi connectivity index (χ2n) is 7.04. The highest BCUT2D eigenvalue weighted by Gasteiger charge is 2.15. The molecule has 0 aliphatic rings. The van der Waals surface area contributed by atoms with E-state index in [1.165, 1.54) is 5.56 Å². The Bertz CT molecular complexity index is 855. The molecule has 3 aromatic rings. The summed E-state index contributed by atoms with van der Waals surface area (Å²) in [6, 6.07) is 16.0. The Morgan fingerprint density at radius 2 is 1.75 bits per heavy atom. The van der Waals surface area contributed by atoms with E-state index in [1.54, 1.807) is 12.4 Å². The quantitative estimate of drug-likeness (QED) is 0.528. The fourth-order valence-electron chi connectivity index (χ4n) is 2.84. The molecule has 0 saturated heterocycles. The molecular weight excluding hydrogens is 350 g/mol. The predicted octanol–water partition coefficient (Wildman–Crippen LogP) is 3.62. The second kappa shape index (κ2) is 9.80. The van der Waals surface area contributed by atoms with Gasteiger partial charge in [0.15, 0.2) is 0 Å². The summed E-state index contributed by atoms with van der Waals surface area (Å²) in [4.78, 5) is 13.3. The topological polar surface area (TPSA) is 83.0 Å². The van der Waals surface area contributed by atoms with Crippen molar-refractivity contribution in [2.75, 3.05) is 23.8 Å². The normalized spacial score (nSPS) is 12.0. The van der Waals surface area contributed by atoms with Crippen LogP contribution in [0.25, 0.3) is 11.3 Å². The number of aliphatic hydroxyl groups is 1. The van der Waals surface area contributed by atoms with Crippen molar-refractivity contribution in [2.24, 2.45) is 5.92 Å². The van der Waals surface area contributed by atoms with E-state index < -0.39 is 0 Å². The van der Waals surface area contributed by atoms with Gasteiger partial charge in [0.2, 0.25) is 5.95 Å². The van der Waals surface area contributed by atoms with Crippen molar-refractivity contribution < 1.29 is 5.11 Å². The molecule has 28 heavy (non-hydrogen) atoms. The predicted molar refractivity (Wildman–Crippen MR) is 113 cm³/mol. The van der Waals surface area contributed by atoms with Gasteiger partial charge in [0.05, 0.1) is 18.3 Å². The number of hydrogen-bond acceptors (Lipinski definition) is 6. The number of benzene rings is 1. The molecule has 0 unspecified atom stereocenters. The first-order valence-corrected chi connectivity index (χ1v) is 9.60. The molecule has 0 amide bonds. The van der Waals surface area contributed by atoms with Gasteiger partial charge in [-0.1, -0.05) is 44.2 Å². The molecule has 1 atom stereocenters. The van der Waals surface area contributed by atoms with Crippen molar-refractivity contribution in [1.82, 2.24) is 15.0 Å². The highest BCUT2D eigenvalue weighted by molar-refractivity contribution is 5.64. The van der Waals surface area contributed by atoms with E-state index in [0.717, 1.165) is 30.0 Å². The van der Waals surface area contributed by atoms with Gasteiger partial charge in [-0.2, -0.15) is 4.98 Å². The maximum atomic E-state index is 9.64. The molecular formula is C22H27N5O. The van der Waals surface area contributed by atoms with Crippen LogP contribution in [-0.2, 0) is 6.42 Å². The number of pyridine rings is 1. The molecule has 2 heterocycles. The van der Waals surface area contributed by atoms with Gasteiger partial charge in [-0.05, 0) is 30.0 Å². The zero-order valence-corrected chi connectivity index (χ0v) is 16.3. The fraction of sp³-hybridized carbons (Fsp3) is 0.318. The van der Waals surface area contributed by atoms with Crippen LogP contribution in [0.2, 0.25) is 0 Å². The molecule has 0 saturated carbocycles. The minimum atomic E-state index is -0.107. The average molecular weight is 377 g/mol. The first-order valence-electron chi connectivity index (χ1n) is 9.60. The summed E-state index contributed by atoms with van der Waals surface area (Å²) in [6.07, 6.45) is 4.40. The van der Waals surface area contributed by atoms with Crippen LogP contribution >= 0.6 is 0 Å². The maximum absolute atomic E-state index is 9.64. The molecule has 3 rings (SSSR count). The van der Waals surface area contributed by atoms with Crippen molar-refractivity contribution in [3.8, 4) is 11.3 Å². The summed E-state index contributed by atoms with van der Waals surface area (Å²) in [5.41, 5.74) is 3.05. The Balaban J connectivity index is 1.80. The van der Waals surface area contributed by atoms with Gasteiger partial charge in [0.25, 0.3) is 0 Å². The third-order valence-corrected chi connectivity index (χ3v) is 4.58. The molecule has 0 fully saturated rings. The minimum Gasteiger partial charge on any atom is -0.394 e. The van der Waals surface area contributed by atoms with Gasteiger partial charge in [0.1, 0.15) is 5.82 Å². The van der Waals surface area contributed by atoms with E-state index >= 15 is 0 Å². The molecule has 0 radical (unpaired) electrons. The minimum absolute atomic E-state index is 0.0251. The molecule has 0 aliphatic carbocycles. The van der Waals surface area contributed by atoms with Crippen LogP contribution in [0.5, 0.6) is 0 Å². The van der Waals surface area contributed by atoms with Crippen LogP contribution in [0, 0.1) is 5.92 Å². The third-order valence-electron chi connectivity index (χ3n) is 4.58. The van der Waals surface area contributed by atoms with E-state index in [0.29, 0.717) is 5.95 Å². The number of anilines is 2. The number of aliphatic hydroxyl groups excluding tert-OH is 1. The first kappa shape index (κ1) is 19.8. The average Bonchev–Trinajstić information content (AvgIpc) is 2.73. The van der Waals surface area contributed by atoms with E-state index in [9.17, 15) is 5.11 Å². The largest absolute Gasteiger partial charge is 0.394 e. The van der Waals surface area contributed by atoms with Crippen LogP contribution in [0.15, 0.2) is 60.9 Å². The lowest BCUT2D eigenvalue weighted by atomic mass is 10.1. The van der Waals surface area contributed by atoms with E-state index in [-0.39, 0.29) is 18.6 Å². The van der Waals surface area contributed by atoms with Crippen molar-refractivity contribution >= 4 is 11.8 Å². The lowest BCUT2D eigenvalue weighted by Gasteiger charge is -2.20. The SMILES string of the molecule is CC(C)[C@@H](CO)Nc1nc(NCCc2ccccc2)cc(-c2ccncc2)n1. The standard InChI is InChI=1S/C22H27N5O/c1-16(2)20(15-28)26-22-25-19(18-9-11-23-12-10-18)14-21(27-22)24-13-8-17-6-4-3-5-7-17/h3-7,9-12,14,16,20,28H,8,13,15H2,1-2H3,(H2,24,25,26,27)/t20-/m1/s1. The molecule has 1 aromatic carbocycles. The zero-order valence-electron chi connectivity index (χ0n) is 16.3. The van der Waals surface area contributed by atoms with Gasteiger partial charge in [-0.15, -0.1) is 0 Å². The lowest BCUT2D eigenvalue weighted by Crippen LogP contribution is -2.30. The van der Waals surface area contributed by atoms with Crippen LogP contribution < -0.4 is 10.6 Å². The molecule has 6 nitrogen and oxygen atoms in total. The fourth-order valence-corrected chi connectivity index (χ4v) is 2.84. The van der Waals surface area contributed by atoms with Crippen LogP contribution in [0.3, 0.4) is 0 Å². The summed E-state index contributed by atoms with van der Waals surface area (Å²) in [7, 11) is 0. The van der Waals surface area contributed by atoms with Gasteiger partial charge in [-0.3, -0.25) is 4.98 Å². The molecule has 3 N–H and O–H groups in total.